The van der Waals surface area contributed by atoms with E-state index in [0.29, 0.717) is 24.5 Å². The minimum absolute atomic E-state index is 0.139. The Morgan fingerprint density at radius 2 is 1.83 bits per heavy atom. The molecule has 0 saturated carbocycles. The van der Waals surface area contributed by atoms with Crippen LogP contribution in [0.2, 0.25) is 0 Å². The molecule has 0 spiro atoms. The minimum atomic E-state index is -0.235. The summed E-state index contributed by atoms with van der Waals surface area (Å²) in [6.45, 7) is 7.09. The largest absolute Gasteiger partial charge is 0.336 e. The fraction of sp³-hybridized carbons (Fsp3) is 0.364. The predicted molar refractivity (Wildman–Crippen MR) is 116 cm³/mol. The van der Waals surface area contributed by atoms with E-state index in [2.05, 4.69) is 24.0 Å². The van der Waals surface area contributed by atoms with Crippen LogP contribution >= 0.6 is 0 Å². The second-order valence-electron chi connectivity index (χ2n) is 8.20. The highest BCUT2D eigenvalue weighted by molar-refractivity contribution is 5.94. The van der Waals surface area contributed by atoms with Crippen LogP contribution < -0.4 is 5.56 Å². The summed E-state index contributed by atoms with van der Waals surface area (Å²) < 4.78 is 5.09. The number of amides is 1. The molecular formula is C22H26N6O2. The Kier molecular flexibility index (Phi) is 4.93. The van der Waals surface area contributed by atoms with Gasteiger partial charge >= 0.3 is 0 Å². The number of aryl methyl sites for hydroxylation is 2. The second-order valence-corrected chi connectivity index (χ2v) is 8.20. The maximum atomic E-state index is 13.2. The molecule has 1 amide bonds. The second kappa shape index (κ2) is 7.44. The molecule has 0 radical (unpaired) electrons. The molecule has 0 atom stereocenters. The van der Waals surface area contributed by atoms with Crippen molar-refractivity contribution in [2.24, 2.45) is 13.0 Å². The fourth-order valence-electron chi connectivity index (χ4n) is 3.81. The third-order valence-electron chi connectivity index (χ3n) is 5.21. The van der Waals surface area contributed by atoms with Gasteiger partial charge in [0.1, 0.15) is 5.52 Å². The average molecular weight is 406 g/mol. The normalized spacial score (nSPS) is 11.7. The fourth-order valence-corrected chi connectivity index (χ4v) is 3.81. The van der Waals surface area contributed by atoms with Gasteiger partial charge in [-0.25, -0.2) is 4.52 Å². The highest BCUT2D eigenvalue weighted by atomic mass is 16.2. The van der Waals surface area contributed by atoms with Gasteiger partial charge in [0.25, 0.3) is 11.5 Å². The highest BCUT2D eigenvalue weighted by Crippen LogP contribution is 2.17. The number of hydrogen-bond donors (Lipinski definition) is 0. The Balaban J connectivity index is 1.78. The molecule has 4 aromatic rings. The van der Waals surface area contributed by atoms with Crippen molar-refractivity contribution in [2.45, 2.75) is 33.9 Å². The van der Waals surface area contributed by atoms with E-state index < -0.39 is 0 Å². The van der Waals surface area contributed by atoms with E-state index >= 15 is 0 Å². The molecule has 8 heteroatoms. The number of benzene rings is 1. The first kappa shape index (κ1) is 19.9. The Morgan fingerprint density at radius 3 is 2.47 bits per heavy atom. The van der Waals surface area contributed by atoms with E-state index in [1.807, 2.05) is 44.4 Å². The number of carbonyl (C=O) groups excluding carboxylic acids is 1. The van der Waals surface area contributed by atoms with Crippen LogP contribution in [0.15, 0.2) is 41.3 Å². The van der Waals surface area contributed by atoms with Gasteiger partial charge < -0.3 is 9.47 Å². The molecule has 0 fully saturated rings. The van der Waals surface area contributed by atoms with Crippen LogP contribution in [-0.4, -0.2) is 41.8 Å². The maximum Gasteiger partial charge on any atom is 0.277 e. The summed E-state index contributed by atoms with van der Waals surface area (Å²) in [5.41, 5.74) is 3.99. The summed E-state index contributed by atoms with van der Waals surface area (Å²) in [5, 5.41) is 8.83. The molecule has 1 aromatic carbocycles. The van der Waals surface area contributed by atoms with Gasteiger partial charge in [0.2, 0.25) is 0 Å². The summed E-state index contributed by atoms with van der Waals surface area (Å²) in [6, 6.07) is 9.25. The van der Waals surface area contributed by atoms with Crippen LogP contribution in [0.25, 0.3) is 16.6 Å². The molecule has 30 heavy (non-hydrogen) atoms. The van der Waals surface area contributed by atoms with Crippen molar-refractivity contribution in [3.63, 3.8) is 0 Å². The molecule has 0 saturated heterocycles. The van der Waals surface area contributed by atoms with E-state index in [1.54, 1.807) is 31.8 Å². The lowest BCUT2D eigenvalue weighted by Crippen LogP contribution is -2.26. The van der Waals surface area contributed by atoms with E-state index in [-0.39, 0.29) is 17.2 Å². The van der Waals surface area contributed by atoms with Crippen molar-refractivity contribution in [2.75, 3.05) is 7.05 Å². The summed E-state index contributed by atoms with van der Waals surface area (Å²) in [7, 11) is 3.58. The summed E-state index contributed by atoms with van der Waals surface area (Å²) in [5.74, 6) is 0.0762. The first-order valence-electron chi connectivity index (χ1n) is 10.0. The molecule has 0 unspecified atom stereocenters. The van der Waals surface area contributed by atoms with E-state index in [0.717, 1.165) is 22.3 Å². The Morgan fingerprint density at radius 1 is 1.13 bits per heavy atom. The van der Waals surface area contributed by atoms with Gasteiger partial charge in [-0.3, -0.25) is 14.3 Å². The summed E-state index contributed by atoms with van der Waals surface area (Å²) >= 11 is 0. The van der Waals surface area contributed by atoms with Crippen molar-refractivity contribution < 1.29 is 4.79 Å². The predicted octanol–water partition coefficient (Wildman–Crippen LogP) is 2.62. The molecule has 8 nitrogen and oxygen atoms in total. The molecule has 0 aliphatic heterocycles. The first-order valence-corrected chi connectivity index (χ1v) is 10.0. The van der Waals surface area contributed by atoms with E-state index in [9.17, 15) is 9.59 Å². The highest BCUT2D eigenvalue weighted by Gasteiger charge is 2.21. The lowest BCUT2D eigenvalue weighted by molar-refractivity contribution is 0.0779. The zero-order chi connectivity index (χ0) is 21.6. The van der Waals surface area contributed by atoms with Crippen molar-refractivity contribution in [3.05, 3.63) is 63.8 Å². The van der Waals surface area contributed by atoms with E-state index in [4.69, 9.17) is 0 Å². The summed E-state index contributed by atoms with van der Waals surface area (Å²) in [6.07, 6.45) is 1.90. The van der Waals surface area contributed by atoms with Gasteiger partial charge in [-0.05, 0) is 25.0 Å². The van der Waals surface area contributed by atoms with Gasteiger partial charge in [-0.2, -0.15) is 10.2 Å². The lowest BCUT2D eigenvalue weighted by Gasteiger charge is -2.15. The molecule has 3 aromatic heterocycles. The number of hydrogen-bond acceptors (Lipinski definition) is 4. The molecular weight excluding hydrogens is 380 g/mol. The molecule has 0 N–H and O–H groups in total. The number of rotatable bonds is 5. The van der Waals surface area contributed by atoms with Crippen molar-refractivity contribution >= 4 is 22.5 Å². The van der Waals surface area contributed by atoms with Crippen LogP contribution in [0, 0.1) is 12.8 Å². The van der Waals surface area contributed by atoms with Gasteiger partial charge in [0.05, 0.1) is 16.7 Å². The number of fused-ring (bicyclic) bond motifs is 3. The van der Waals surface area contributed by atoms with Crippen LogP contribution in [0.4, 0.5) is 0 Å². The van der Waals surface area contributed by atoms with Gasteiger partial charge in [-0.1, -0.05) is 26.0 Å². The molecule has 0 aliphatic carbocycles. The molecule has 0 bridgehead atoms. The SMILES string of the molecule is Cc1nn(C)cc1CN(C)C(=O)c1cc2c(=O)n(CC(C)C)c3ccccc3n2n1. The van der Waals surface area contributed by atoms with Gasteiger partial charge in [0.15, 0.2) is 5.69 Å². The van der Waals surface area contributed by atoms with Crippen LogP contribution in [0.3, 0.4) is 0 Å². The maximum absolute atomic E-state index is 13.2. The number of para-hydroxylation sites is 2. The van der Waals surface area contributed by atoms with Crippen LogP contribution in [0.1, 0.15) is 35.6 Å². The zero-order valence-corrected chi connectivity index (χ0v) is 18.0. The van der Waals surface area contributed by atoms with Crippen molar-refractivity contribution in [1.82, 2.24) is 28.9 Å². The quantitative estimate of drug-likeness (QED) is 0.510. The molecule has 3 heterocycles. The topological polar surface area (TPSA) is 77.4 Å². The number of aromatic nitrogens is 5. The molecule has 156 valence electrons. The summed E-state index contributed by atoms with van der Waals surface area (Å²) in [4.78, 5) is 27.8. The van der Waals surface area contributed by atoms with Crippen molar-refractivity contribution in [1.29, 1.82) is 0 Å². The number of nitrogens with zero attached hydrogens (tertiary/aromatic N) is 6. The van der Waals surface area contributed by atoms with Crippen LogP contribution in [-0.2, 0) is 20.1 Å². The lowest BCUT2D eigenvalue weighted by atomic mass is 10.2. The minimum Gasteiger partial charge on any atom is -0.336 e. The number of carbonyl (C=O) groups is 1. The average Bonchev–Trinajstić information content (AvgIpc) is 3.28. The van der Waals surface area contributed by atoms with Gasteiger partial charge in [0, 0.05) is 45.0 Å². The standard InChI is InChI=1S/C22H26N6O2/c1-14(2)11-27-18-8-6-7-9-19(18)28-20(22(27)30)10-17(24-28)21(29)25(4)12-16-13-26(5)23-15(16)3/h6-10,13-14H,11-12H2,1-5H3. The first-order chi connectivity index (χ1) is 14.3. The van der Waals surface area contributed by atoms with Crippen molar-refractivity contribution in [3.8, 4) is 0 Å². The van der Waals surface area contributed by atoms with Crippen LogP contribution in [0.5, 0.6) is 0 Å². The smallest absolute Gasteiger partial charge is 0.277 e. The third-order valence-corrected chi connectivity index (χ3v) is 5.21. The Hall–Kier alpha value is -3.42. The Bertz CT molecular complexity index is 1310. The Labute approximate surface area is 174 Å². The zero-order valence-electron chi connectivity index (χ0n) is 18.0. The van der Waals surface area contributed by atoms with Gasteiger partial charge in [-0.15, -0.1) is 0 Å². The molecule has 0 aliphatic rings. The van der Waals surface area contributed by atoms with E-state index in [1.165, 1.54) is 0 Å². The molecule has 4 rings (SSSR count). The monoisotopic (exact) mass is 406 g/mol. The third kappa shape index (κ3) is 3.38.